The Kier molecular flexibility index (Phi) is 7.37. The number of methoxy groups -OCH3 is 3. The highest BCUT2D eigenvalue weighted by molar-refractivity contribution is 5.87. The molecule has 2 N–H and O–H groups in total. The monoisotopic (exact) mass is 612 g/mol. The normalized spacial score (nSPS) is 39.8. The number of rotatable bonds is 7. The van der Waals surface area contributed by atoms with Gasteiger partial charge in [-0.25, -0.2) is 4.79 Å². The molecule has 2 spiro atoms. The molecule has 0 amide bonds. The Balaban J connectivity index is 1.38. The van der Waals surface area contributed by atoms with Crippen molar-refractivity contribution in [3.8, 4) is 17.2 Å². The highest BCUT2D eigenvalue weighted by Gasteiger charge is 2.85. The van der Waals surface area contributed by atoms with Crippen LogP contribution in [0.5, 0.6) is 17.2 Å². The predicted octanol–water partition coefficient (Wildman–Crippen LogP) is 4.06. The van der Waals surface area contributed by atoms with Crippen LogP contribution in [0.15, 0.2) is 30.4 Å². The van der Waals surface area contributed by atoms with Crippen molar-refractivity contribution in [2.75, 3.05) is 27.9 Å². The lowest BCUT2D eigenvalue weighted by Crippen LogP contribution is -2.84. The SMILES string of the molecule is C=C1CC23C(CC[C@@H]1[C@H]2OC(=O)/C=C/c1cc(OC)c(OC)c(OC)c1)C12CO[C@@]3(O)[C@@H](O)[C@@H]1C(C)(C)CCC2OC(C)=O. The lowest BCUT2D eigenvalue weighted by molar-refractivity contribution is -0.468. The van der Waals surface area contributed by atoms with Gasteiger partial charge in [-0.1, -0.05) is 26.0 Å². The fourth-order valence-corrected chi connectivity index (χ4v) is 10.1. The summed E-state index contributed by atoms with van der Waals surface area (Å²) in [5.74, 6) is -2.46. The summed E-state index contributed by atoms with van der Waals surface area (Å²) in [6, 6.07) is 3.44. The van der Waals surface area contributed by atoms with E-state index >= 15 is 0 Å². The van der Waals surface area contributed by atoms with E-state index in [4.69, 9.17) is 28.4 Å². The van der Waals surface area contributed by atoms with Gasteiger partial charge in [0.05, 0.1) is 33.4 Å². The second-order valence-electron chi connectivity index (χ2n) is 13.9. The summed E-state index contributed by atoms with van der Waals surface area (Å²) in [6.07, 6.45) is 3.47. The first-order valence-electron chi connectivity index (χ1n) is 15.4. The smallest absolute Gasteiger partial charge is 0.331 e. The third-order valence-corrected chi connectivity index (χ3v) is 11.6. The van der Waals surface area contributed by atoms with Gasteiger partial charge in [-0.15, -0.1) is 0 Å². The summed E-state index contributed by atoms with van der Waals surface area (Å²) in [5.41, 5.74) is -0.764. The van der Waals surface area contributed by atoms with Gasteiger partial charge in [-0.3, -0.25) is 4.79 Å². The number of hydrogen-bond donors (Lipinski definition) is 2. The van der Waals surface area contributed by atoms with E-state index in [1.807, 2.05) is 0 Å². The maximum Gasteiger partial charge on any atom is 0.331 e. The number of carbonyl (C=O) groups excluding carboxylic acids is 2. The van der Waals surface area contributed by atoms with Crippen LogP contribution in [-0.4, -0.2) is 74.2 Å². The largest absolute Gasteiger partial charge is 0.493 e. The van der Waals surface area contributed by atoms with E-state index in [9.17, 15) is 19.8 Å². The third kappa shape index (κ3) is 4.02. The Bertz CT molecular complexity index is 1380. The molecule has 0 radical (unpaired) electrons. The zero-order valence-corrected chi connectivity index (χ0v) is 26.4. The van der Waals surface area contributed by atoms with Crippen molar-refractivity contribution in [1.29, 1.82) is 0 Å². The highest BCUT2D eigenvalue weighted by Crippen LogP contribution is 2.78. The van der Waals surface area contributed by atoms with E-state index in [1.165, 1.54) is 34.3 Å². The van der Waals surface area contributed by atoms with Gasteiger partial charge < -0.3 is 38.6 Å². The summed E-state index contributed by atoms with van der Waals surface area (Å²) in [7, 11) is 4.55. The van der Waals surface area contributed by atoms with E-state index < -0.39 is 40.9 Å². The second-order valence-corrected chi connectivity index (χ2v) is 13.9. The summed E-state index contributed by atoms with van der Waals surface area (Å²) in [5, 5.41) is 24.6. The number of esters is 2. The average molecular weight is 613 g/mol. The van der Waals surface area contributed by atoms with Crippen molar-refractivity contribution >= 4 is 18.0 Å². The fraction of sp³-hybridized carbons (Fsp3) is 0.647. The summed E-state index contributed by atoms with van der Waals surface area (Å²) >= 11 is 0. The first kappa shape index (κ1) is 30.9. The number of ether oxygens (including phenoxy) is 6. The fourth-order valence-electron chi connectivity index (χ4n) is 10.1. The van der Waals surface area contributed by atoms with Gasteiger partial charge in [0.25, 0.3) is 0 Å². The molecule has 1 aromatic carbocycles. The lowest BCUT2D eigenvalue weighted by atomic mass is 9.35. The molecule has 4 unspecified atom stereocenters. The number of aliphatic hydroxyl groups excluding tert-OH is 1. The molecule has 10 nitrogen and oxygen atoms in total. The number of aliphatic hydroxyl groups is 2. The number of fused-ring (bicyclic) bond motifs is 2. The maximum atomic E-state index is 13.5. The van der Waals surface area contributed by atoms with Crippen molar-refractivity contribution in [3.05, 3.63) is 35.9 Å². The molecule has 6 fully saturated rings. The molecule has 0 aromatic heterocycles. The minimum Gasteiger partial charge on any atom is -0.493 e. The molecule has 2 saturated heterocycles. The zero-order valence-electron chi connectivity index (χ0n) is 26.4. The van der Waals surface area contributed by atoms with Gasteiger partial charge in [-0.05, 0) is 67.2 Å². The van der Waals surface area contributed by atoms with Crippen molar-refractivity contribution in [2.24, 2.45) is 34.0 Å². The van der Waals surface area contributed by atoms with E-state index in [0.717, 1.165) is 12.0 Å². The van der Waals surface area contributed by atoms with Crippen LogP contribution < -0.4 is 14.2 Å². The number of hydrogen-bond acceptors (Lipinski definition) is 10. The molecule has 2 heterocycles. The van der Waals surface area contributed by atoms with E-state index in [2.05, 4.69) is 20.4 Å². The first-order valence-corrected chi connectivity index (χ1v) is 15.4. The molecule has 4 saturated carbocycles. The van der Waals surface area contributed by atoms with Crippen molar-refractivity contribution in [3.63, 3.8) is 0 Å². The maximum absolute atomic E-state index is 13.5. The molecule has 10 heteroatoms. The molecule has 1 aromatic rings. The Hall–Kier alpha value is -3.08. The Morgan fingerprint density at radius 2 is 1.73 bits per heavy atom. The van der Waals surface area contributed by atoms with E-state index in [-0.39, 0.29) is 35.7 Å². The highest BCUT2D eigenvalue weighted by atomic mass is 16.7. The van der Waals surface area contributed by atoms with Crippen LogP contribution in [0.25, 0.3) is 6.08 Å². The van der Waals surface area contributed by atoms with Crippen LogP contribution in [-0.2, 0) is 23.8 Å². The molecule has 2 aliphatic heterocycles. The molecular formula is C34H44O10. The zero-order chi connectivity index (χ0) is 31.8. The van der Waals surface area contributed by atoms with Crippen molar-refractivity contribution in [1.82, 2.24) is 0 Å². The number of benzene rings is 1. The van der Waals surface area contributed by atoms with Gasteiger partial charge in [0, 0.05) is 30.3 Å². The molecule has 6 aliphatic rings. The van der Waals surface area contributed by atoms with E-state index in [0.29, 0.717) is 48.5 Å². The van der Waals surface area contributed by atoms with Crippen LogP contribution in [0.4, 0.5) is 0 Å². The summed E-state index contributed by atoms with van der Waals surface area (Å²) in [4.78, 5) is 25.9. The lowest BCUT2D eigenvalue weighted by Gasteiger charge is -2.75. The Labute approximate surface area is 258 Å². The molecular weight excluding hydrogens is 568 g/mol. The van der Waals surface area contributed by atoms with Crippen LogP contribution in [0.2, 0.25) is 0 Å². The van der Waals surface area contributed by atoms with Crippen LogP contribution in [0, 0.1) is 34.0 Å². The predicted molar refractivity (Wildman–Crippen MR) is 159 cm³/mol. The second kappa shape index (κ2) is 10.5. The van der Waals surface area contributed by atoms with Gasteiger partial charge in [0.2, 0.25) is 11.5 Å². The topological polar surface area (TPSA) is 130 Å². The van der Waals surface area contributed by atoms with Crippen LogP contribution in [0.1, 0.15) is 58.4 Å². The molecule has 7 rings (SSSR count). The van der Waals surface area contributed by atoms with Crippen LogP contribution >= 0.6 is 0 Å². The van der Waals surface area contributed by atoms with Gasteiger partial charge in [-0.2, -0.15) is 0 Å². The third-order valence-electron chi connectivity index (χ3n) is 11.6. The van der Waals surface area contributed by atoms with Crippen molar-refractivity contribution in [2.45, 2.75) is 77.0 Å². The molecule has 4 bridgehead atoms. The molecule has 240 valence electrons. The summed E-state index contributed by atoms with van der Waals surface area (Å²) < 4.78 is 34.9. The quantitative estimate of drug-likeness (QED) is 0.264. The molecule has 44 heavy (non-hydrogen) atoms. The van der Waals surface area contributed by atoms with Gasteiger partial charge in [0.1, 0.15) is 18.3 Å². The summed E-state index contributed by atoms with van der Waals surface area (Å²) in [6.45, 7) is 10.1. The minimum atomic E-state index is -1.97. The van der Waals surface area contributed by atoms with E-state index in [1.54, 1.807) is 18.2 Å². The van der Waals surface area contributed by atoms with Gasteiger partial charge in [0.15, 0.2) is 11.5 Å². The van der Waals surface area contributed by atoms with Crippen molar-refractivity contribution < 1.29 is 48.2 Å². The first-order chi connectivity index (χ1) is 20.8. The average Bonchev–Trinajstić information content (AvgIpc) is 3.13. The molecule has 4 aliphatic carbocycles. The Morgan fingerprint density at radius 3 is 2.34 bits per heavy atom. The minimum absolute atomic E-state index is 0.151. The standard InChI is InChI=1S/C34H44O10/c1-18-16-33-24(32-17-42-34(33,38)29(37)28(32)31(3,4)13-12-25(32)43-19(2)35)10-9-21(18)30(33)44-26(36)11-8-20-14-22(39-5)27(41-7)23(15-20)40-6/h8,11,14-15,21,24-25,28-30,37-38H,1,9-10,12-13,16-17H2,2-7H3/b11-8+/t21-,24?,25?,28+,29-,30+,32?,33?,34-/m0/s1. The molecule has 9 atom stereocenters. The number of carbonyl (C=O) groups is 2. The Morgan fingerprint density at radius 1 is 1.05 bits per heavy atom. The van der Waals surface area contributed by atoms with Gasteiger partial charge >= 0.3 is 11.9 Å². The van der Waals surface area contributed by atoms with Crippen LogP contribution in [0.3, 0.4) is 0 Å².